The maximum atomic E-state index is 12.4. The molecule has 7 heteroatoms. The van der Waals surface area contributed by atoms with Crippen molar-refractivity contribution in [2.75, 3.05) is 6.61 Å². The minimum atomic E-state index is -3.84. The zero-order valence-electron chi connectivity index (χ0n) is 10.9. The first-order valence-corrected chi connectivity index (χ1v) is 7.69. The van der Waals surface area contributed by atoms with Gasteiger partial charge < -0.3 is 4.74 Å². The Bertz CT molecular complexity index is 827. The summed E-state index contributed by atoms with van der Waals surface area (Å²) in [7, 11) is -3.84. The van der Waals surface area contributed by atoms with Crippen molar-refractivity contribution in [3.63, 3.8) is 0 Å². The minimum absolute atomic E-state index is 0.128. The van der Waals surface area contributed by atoms with Crippen LogP contribution >= 0.6 is 0 Å². The van der Waals surface area contributed by atoms with E-state index in [1.807, 2.05) is 18.2 Å². The van der Waals surface area contributed by atoms with Crippen LogP contribution < -0.4 is 9.46 Å². The van der Waals surface area contributed by atoms with Crippen LogP contribution in [0.3, 0.4) is 0 Å². The van der Waals surface area contributed by atoms with Gasteiger partial charge in [0, 0.05) is 11.8 Å². The van der Waals surface area contributed by atoms with Gasteiger partial charge in [-0.05, 0) is 18.2 Å². The van der Waals surface area contributed by atoms with Crippen molar-refractivity contribution in [1.29, 1.82) is 5.26 Å². The normalized spacial score (nSPS) is 16.8. The van der Waals surface area contributed by atoms with E-state index in [0.29, 0.717) is 5.75 Å². The van der Waals surface area contributed by atoms with Crippen molar-refractivity contribution in [1.82, 2.24) is 9.71 Å². The Hall–Kier alpha value is -2.43. The van der Waals surface area contributed by atoms with Crippen LogP contribution in [-0.4, -0.2) is 20.0 Å². The number of ether oxygens (including phenoxy) is 1. The number of nitrogens with zero attached hydrogens (tertiary/aromatic N) is 2. The van der Waals surface area contributed by atoms with Crippen molar-refractivity contribution >= 4 is 10.0 Å². The molecule has 21 heavy (non-hydrogen) atoms. The fourth-order valence-electron chi connectivity index (χ4n) is 2.20. The molecule has 0 saturated carbocycles. The molecular formula is C14H11N3O3S. The van der Waals surface area contributed by atoms with E-state index in [1.54, 1.807) is 12.1 Å². The Morgan fingerprint density at radius 1 is 1.29 bits per heavy atom. The number of sulfonamides is 1. The molecule has 1 aliphatic rings. The predicted molar refractivity (Wildman–Crippen MR) is 74.0 cm³/mol. The molecule has 0 radical (unpaired) electrons. The quantitative estimate of drug-likeness (QED) is 0.924. The van der Waals surface area contributed by atoms with Gasteiger partial charge in [0.2, 0.25) is 10.0 Å². The summed E-state index contributed by atoms with van der Waals surface area (Å²) in [5.41, 5.74) is 0.653. The smallest absolute Gasteiger partial charge is 0.244 e. The molecule has 0 amide bonds. The van der Waals surface area contributed by atoms with Gasteiger partial charge in [-0.2, -0.15) is 9.98 Å². The van der Waals surface area contributed by atoms with E-state index in [4.69, 9.17) is 10.00 Å². The summed E-state index contributed by atoms with van der Waals surface area (Å²) >= 11 is 0. The van der Waals surface area contributed by atoms with Gasteiger partial charge in [-0.15, -0.1) is 0 Å². The summed E-state index contributed by atoms with van der Waals surface area (Å²) < 4.78 is 32.8. The summed E-state index contributed by atoms with van der Waals surface area (Å²) in [6.45, 7) is 0.223. The zero-order chi connectivity index (χ0) is 14.9. The molecule has 3 rings (SSSR count). The van der Waals surface area contributed by atoms with Crippen molar-refractivity contribution in [2.45, 2.75) is 10.9 Å². The number of nitrogens with one attached hydrogen (secondary N) is 1. The first-order valence-electron chi connectivity index (χ1n) is 6.21. The fourth-order valence-corrected chi connectivity index (χ4v) is 3.51. The number of nitriles is 1. The topological polar surface area (TPSA) is 92.1 Å². The lowest BCUT2D eigenvalue weighted by molar-refractivity contribution is 0.325. The monoisotopic (exact) mass is 301 g/mol. The van der Waals surface area contributed by atoms with Crippen LogP contribution in [0, 0.1) is 11.3 Å². The third-order valence-electron chi connectivity index (χ3n) is 3.16. The summed E-state index contributed by atoms with van der Waals surface area (Å²) in [4.78, 5) is 3.64. The Labute approximate surface area is 122 Å². The van der Waals surface area contributed by atoms with Gasteiger partial charge in [-0.3, -0.25) is 0 Å². The number of rotatable bonds is 3. The molecule has 1 aromatic heterocycles. The van der Waals surface area contributed by atoms with Crippen LogP contribution in [0.4, 0.5) is 0 Å². The van der Waals surface area contributed by atoms with Crippen LogP contribution in [0.25, 0.3) is 0 Å². The average Bonchev–Trinajstić information content (AvgIpc) is 2.90. The van der Waals surface area contributed by atoms with Crippen molar-refractivity contribution in [2.24, 2.45) is 0 Å². The van der Waals surface area contributed by atoms with Gasteiger partial charge >= 0.3 is 0 Å². The lowest BCUT2D eigenvalue weighted by atomic mass is 10.1. The maximum absolute atomic E-state index is 12.4. The Morgan fingerprint density at radius 2 is 2.10 bits per heavy atom. The molecular weight excluding hydrogens is 290 g/mol. The van der Waals surface area contributed by atoms with Gasteiger partial charge in [-0.1, -0.05) is 18.2 Å². The van der Waals surface area contributed by atoms with Gasteiger partial charge in [0.15, 0.2) is 5.69 Å². The molecule has 1 aromatic carbocycles. The summed E-state index contributed by atoms with van der Waals surface area (Å²) in [6, 6.07) is 11.4. The van der Waals surface area contributed by atoms with Crippen LogP contribution in [0.5, 0.6) is 5.75 Å². The van der Waals surface area contributed by atoms with Gasteiger partial charge in [-0.25, -0.2) is 13.4 Å². The first kappa shape index (κ1) is 13.5. The highest BCUT2D eigenvalue weighted by atomic mass is 32.2. The van der Waals surface area contributed by atoms with Crippen LogP contribution in [-0.2, 0) is 10.0 Å². The molecule has 1 unspecified atom stereocenters. The first-order chi connectivity index (χ1) is 10.1. The summed E-state index contributed by atoms with van der Waals surface area (Å²) in [5, 5.41) is 8.97. The van der Waals surface area contributed by atoms with Crippen molar-refractivity contribution in [3.8, 4) is 11.8 Å². The lowest BCUT2D eigenvalue weighted by Crippen LogP contribution is -2.30. The molecule has 106 valence electrons. The molecule has 2 aromatic rings. The van der Waals surface area contributed by atoms with Gasteiger partial charge in [0.05, 0.1) is 6.04 Å². The molecule has 1 atom stereocenters. The number of para-hydroxylation sites is 1. The number of hydrogen-bond donors (Lipinski definition) is 1. The molecule has 0 spiro atoms. The summed E-state index contributed by atoms with van der Waals surface area (Å²) in [6.07, 6.45) is 1.38. The van der Waals surface area contributed by atoms with E-state index in [9.17, 15) is 8.42 Å². The van der Waals surface area contributed by atoms with E-state index in [-0.39, 0.29) is 17.2 Å². The molecule has 0 saturated heterocycles. The van der Waals surface area contributed by atoms with E-state index < -0.39 is 16.1 Å². The van der Waals surface area contributed by atoms with Crippen LogP contribution in [0.1, 0.15) is 17.3 Å². The van der Waals surface area contributed by atoms with Crippen molar-refractivity contribution < 1.29 is 13.2 Å². The van der Waals surface area contributed by atoms with Gasteiger partial charge in [0.25, 0.3) is 0 Å². The minimum Gasteiger partial charge on any atom is -0.491 e. The fraction of sp³-hybridized carbons (Fsp3) is 0.143. The van der Waals surface area contributed by atoms with E-state index >= 15 is 0 Å². The number of pyridine rings is 1. The molecule has 6 nitrogen and oxygen atoms in total. The summed E-state index contributed by atoms with van der Waals surface area (Å²) in [5.74, 6) is 0.664. The number of hydrogen-bond acceptors (Lipinski definition) is 5. The standard InChI is InChI=1S/C14H11N3O3S/c15-8-11-14(6-3-7-16-11)21(18,19)17-12-9-20-13-5-2-1-4-10(12)13/h1-7,12,17H,9H2. The highest BCUT2D eigenvalue weighted by Gasteiger charge is 2.30. The highest BCUT2D eigenvalue weighted by molar-refractivity contribution is 7.89. The molecule has 1 aliphatic heterocycles. The second kappa shape index (κ2) is 5.16. The van der Waals surface area contributed by atoms with Gasteiger partial charge in [0.1, 0.15) is 23.3 Å². The number of benzene rings is 1. The van der Waals surface area contributed by atoms with E-state index in [0.717, 1.165) is 5.56 Å². The van der Waals surface area contributed by atoms with Crippen LogP contribution in [0.2, 0.25) is 0 Å². The molecule has 0 bridgehead atoms. The second-order valence-corrected chi connectivity index (χ2v) is 6.17. The molecule has 0 fully saturated rings. The van der Waals surface area contributed by atoms with Crippen LogP contribution in [0.15, 0.2) is 47.5 Å². The Kier molecular flexibility index (Phi) is 3.33. The third-order valence-corrected chi connectivity index (χ3v) is 4.67. The lowest BCUT2D eigenvalue weighted by Gasteiger charge is -2.12. The predicted octanol–water partition coefficient (Wildman–Crippen LogP) is 1.37. The Balaban J connectivity index is 1.94. The van der Waals surface area contributed by atoms with Crippen molar-refractivity contribution in [3.05, 3.63) is 53.9 Å². The highest BCUT2D eigenvalue weighted by Crippen LogP contribution is 2.32. The zero-order valence-corrected chi connectivity index (χ0v) is 11.7. The van der Waals surface area contributed by atoms with E-state index in [1.165, 1.54) is 18.3 Å². The second-order valence-electron chi connectivity index (χ2n) is 4.48. The number of fused-ring (bicyclic) bond motifs is 1. The molecule has 0 aliphatic carbocycles. The largest absolute Gasteiger partial charge is 0.491 e. The SMILES string of the molecule is N#Cc1ncccc1S(=O)(=O)NC1COc2ccccc21. The maximum Gasteiger partial charge on any atom is 0.244 e. The molecule has 1 N–H and O–H groups in total. The average molecular weight is 301 g/mol. The molecule has 2 heterocycles. The number of aromatic nitrogens is 1. The Morgan fingerprint density at radius 3 is 2.90 bits per heavy atom. The van der Waals surface area contributed by atoms with E-state index in [2.05, 4.69) is 9.71 Å². The third kappa shape index (κ3) is 2.46.